The predicted molar refractivity (Wildman–Crippen MR) is 61.3 cm³/mol. The van der Waals surface area contributed by atoms with E-state index in [9.17, 15) is 9.59 Å². The second-order valence-corrected chi connectivity index (χ2v) is 5.87. The highest BCUT2D eigenvalue weighted by molar-refractivity contribution is 5.87. The van der Waals surface area contributed by atoms with Crippen molar-refractivity contribution in [2.75, 3.05) is 6.54 Å². The Kier molecular flexibility index (Phi) is 2.60. The molecule has 2 aliphatic carbocycles. The van der Waals surface area contributed by atoms with E-state index in [1.165, 1.54) is 25.7 Å². The van der Waals surface area contributed by atoms with Gasteiger partial charge in [0, 0.05) is 13.0 Å². The number of likely N-dealkylation sites (tertiary alicyclic amines) is 1. The van der Waals surface area contributed by atoms with Gasteiger partial charge in [0.15, 0.2) is 0 Å². The van der Waals surface area contributed by atoms with Gasteiger partial charge in [-0.2, -0.15) is 0 Å². The molecule has 3 rings (SSSR count). The highest BCUT2D eigenvalue weighted by Crippen LogP contribution is 2.48. The van der Waals surface area contributed by atoms with Crippen molar-refractivity contribution in [3.63, 3.8) is 0 Å². The molecule has 0 spiro atoms. The molecule has 1 saturated heterocycles. The summed E-state index contributed by atoms with van der Waals surface area (Å²) in [6, 6.07) is -0.554. The van der Waals surface area contributed by atoms with Crippen LogP contribution in [0.25, 0.3) is 0 Å². The zero-order valence-electron chi connectivity index (χ0n) is 9.97. The zero-order valence-corrected chi connectivity index (χ0v) is 9.97. The summed E-state index contributed by atoms with van der Waals surface area (Å²) in [6.45, 7) is 0.691. The molecule has 4 nitrogen and oxygen atoms in total. The molecule has 0 aromatic rings. The first-order valence-electron chi connectivity index (χ1n) is 6.67. The van der Waals surface area contributed by atoms with Gasteiger partial charge in [-0.15, -0.1) is 0 Å². The SMILES string of the molecule is O=C(O)C1CCC(=O)N1CC1CC2CCC1C2. The fourth-order valence-corrected chi connectivity index (χ4v) is 4.07. The fourth-order valence-electron chi connectivity index (χ4n) is 4.07. The third-order valence-electron chi connectivity index (χ3n) is 4.93. The Hall–Kier alpha value is -1.06. The smallest absolute Gasteiger partial charge is 0.326 e. The lowest BCUT2D eigenvalue weighted by Gasteiger charge is -2.29. The summed E-state index contributed by atoms with van der Waals surface area (Å²) < 4.78 is 0. The van der Waals surface area contributed by atoms with E-state index in [1.807, 2.05) is 0 Å². The van der Waals surface area contributed by atoms with Gasteiger partial charge in [0.05, 0.1) is 0 Å². The van der Waals surface area contributed by atoms with Crippen molar-refractivity contribution in [3.8, 4) is 0 Å². The second-order valence-electron chi connectivity index (χ2n) is 5.87. The Morgan fingerprint density at radius 1 is 1.29 bits per heavy atom. The van der Waals surface area contributed by atoms with E-state index in [0.29, 0.717) is 25.3 Å². The maximum absolute atomic E-state index is 11.7. The summed E-state index contributed by atoms with van der Waals surface area (Å²) in [7, 11) is 0. The molecule has 2 saturated carbocycles. The van der Waals surface area contributed by atoms with E-state index >= 15 is 0 Å². The van der Waals surface area contributed by atoms with Crippen molar-refractivity contribution in [1.29, 1.82) is 0 Å². The molecule has 94 valence electrons. The molecule has 17 heavy (non-hydrogen) atoms. The third kappa shape index (κ3) is 1.83. The van der Waals surface area contributed by atoms with Crippen LogP contribution in [0.4, 0.5) is 0 Å². The van der Waals surface area contributed by atoms with Gasteiger partial charge in [0.2, 0.25) is 5.91 Å². The molecular weight excluding hydrogens is 218 g/mol. The number of carboxylic acids is 1. The van der Waals surface area contributed by atoms with E-state index in [4.69, 9.17) is 5.11 Å². The highest BCUT2D eigenvalue weighted by atomic mass is 16.4. The first-order chi connectivity index (χ1) is 8.15. The maximum Gasteiger partial charge on any atom is 0.326 e. The minimum atomic E-state index is -0.834. The number of fused-ring (bicyclic) bond motifs is 2. The molecule has 4 unspecified atom stereocenters. The molecular formula is C13H19NO3. The van der Waals surface area contributed by atoms with Crippen molar-refractivity contribution in [3.05, 3.63) is 0 Å². The minimum absolute atomic E-state index is 0.0418. The summed E-state index contributed by atoms with van der Waals surface area (Å²) in [4.78, 5) is 24.5. The van der Waals surface area contributed by atoms with Gasteiger partial charge in [-0.1, -0.05) is 6.42 Å². The van der Waals surface area contributed by atoms with Crippen LogP contribution in [0.1, 0.15) is 38.5 Å². The van der Waals surface area contributed by atoms with E-state index < -0.39 is 12.0 Å². The minimum Gasteiger partial charge on any atom is -0.480 e. The molecule has 3 aliphatic rings. The number of nitrogens with zero attached hydrogens (tertiary/aromatic N) is 1. The molecule has 4 atom stereocenters. The van der Waals surface area contributed by atoms with Crippen molar-refractivity contribution in [2.24, 2.45) is 17.8 Å². The molecule has 1 heterocycles. The number of hydrogen-bond acceptors (Lipinski definition) is 2. The summed E-state index contributed by atoms with van der Waals surface area (Å²) in [5.74, 6) is 1.38. The number of carbonyl (C=O) groups excluding carboxylic acids is 1. The van der Waals surface area contributed by atoms with Crippen LogP contribution in [0, 0.1) is 17.8 Å². The van der Waals surface area contributed by atoms with Crippen molar-refractivity contribution in [1.82, 2.24) is 4.90 Å². The van der Waals surface area contributed by atoms with Crippen molar-refractivity contribution in [2.45, 2.75) is 44.6 Å². The lowest BCUT2D eigenvalue weighted by Crippen LogP contribution is -2.42. The van der Waals surface area contributed by atoms with Crippen LogP contribution >= 0.6 is 0 Å². The first-order valence-corrected chi connectivity index (χ1v) is 6.67. The fraction of sp³-hybridized carbons (Fsp3) is 0.846. The van der Waals surface area contributed by atoms with Gasteiger partial charge in [0.1, 0.15) is 6.04 Å². The van der Waals surface area contributed by atoms with Gasteiger partial charge in [-0.3, -0.25) is 4.79 Å². The average Bonchev–Trinajstić information content (AvgIpc) is 2.95. The van der Waals surface area contributed by atoms with Crippen LogP contribution in [0.5, 0.6) is 0 Å². The zero-order chi connectivity index (χ0) is 12.0. The quantitative estimate of drug-likeness (QED) is 0.809. The molecule has 1 N–H and O–H groups in total. The number of carboxylic acid groups (broad SMARTS) is 1. The lowest BCUT2D eigenvalue weighted by molar-refractivity contribution is -0.146. The van der Waals surface area contributed by atoms with E-state index in [2.05, 4.69) is 0 Å². The predicted octanol–water partition coefficient (Wildman–Crippen LogP) is 1.50. The molecule has 0 radical (unpaired) electrons. The van der Waals surface area contributed by atoms with Crippen LogP contribution in [0.15, 0.2) is 0 Å². The second kappa shape index (κ2) is 4.00. The van der Waals surface area contributed by atoms with Gasteiger partial charge >= 0.3 is 5.97 Å². The van der Waals surface area contributed by atoms with E-state index in [-0.39, 0.29) is 5.91 Å². The number of rotatable bonds is 3. The van der Waals surface area contributed by atoms with Crippen LogP contribution in [-0.2, 0) is 9.59 Å². The summed E-state index contributed by atoms with van der Waals surface area (Å²) in [5.41, 5.74) is 0. The molecule has 2 bridgehead atoms. The molecule has 1 aliphatic heterocycles. The van der Waals surface area contributed by atoms with Crippen LogP contribution in [-0.4, -0.2) is 34.5 Å². The molecule has 1 amide bonds. The van der Waals surface area contributed by atoms with Crippen LogP contribution < -0.4 is 0 Å². The Morgan fingerprint density at radius 2 is 2.12 bits per heavy atom. The number of aliphatic carboxylic acids is 1. The number of amides is 1. The Bertz CT molecular complexity index is 355. The van der Waals surface area contributed by atoms with E-state index in [1.54, 1.807) is 4.90 Å². The molecule has 0 aromatic carbocycles. The number of hydrogen-bond donors (Lipinski definition) is 1. The first kappa shape index (κ1) is 11.1. The normalized spacial score (nSPS) is 40.2. The Labute approximate surface area is 101 Å². The largest absolute Gasteiger partial charge is 0.480 e. The van der Waals surface area contributed by atoms with Crippen molar-refractivity contribution >= 4 is 11.9 Å². The standard InChI is InChI=1S/C13H19NO3/c15-12-4-3-11(13(16)17)14(12)7-10-6-8-1-2-9(10)5-8/h8-11H,1-7H2,(H,16,17). The van der Waals surface area contributed by atoms with Crippen LogP contribution in [0.2, 0.25) is 0 Å². The van der Waals surface area contributed by atoms with Crippen molar-refractivity contribution < 1.29 is 14.7 Å². The Balaban J connectivity index is 1.67. The topological polar surface area (TPSA) is 57.6 Å². The third-order valence-corrected chi connectivity index (χ3v) is 4.93. The monoisotopic (exact) mass is 237 g/mol. The van der Waals surface area contributed by atoms with Gasteiger partial charge in [-0.05, 0) is 43.4 Å². The molecule has 3 fully saturated rings. The Morgan fingerprint density at radius 3 is 2.71 bits per heavy atom. The van der Waals surface area contributed by atoms with Gasteiger partial charge in [-0.25, -0.2) is 4.79 Å². The lowest BCUT2D eigenvalue weighted by atomic mass is 9.88. The summed E-state index contributed by atoms with van der Waals surface area (Å²) in [6.07, 6.45) is 6.06. The molecule has 4 heteroatoms. The van der Waals surface area contributed by atoms with Gasteiger partial charge < -0.3 is 10.0 Å². The van der Waals surface area contributed by atoms with E-state index in [0.717, 1.165) is 11.8 Å². The summed E-state index contributed by atoms with van der Waals surface area (Å²) >= 11 is 0. The summed E-state index contributed by atoms with van der Waals surface area (Å²) in [5, 5.41) is 9.11. The van der Waals surface area contributed by atoms with Crippen LogP contribution in [0.3, 0.4) is 0 Å². The highest BCUT2D eigenvalue weighted by Gasteiger charge is 2.43. The average molecular weight is 237 g/mol. The molecule has 0 aromatic heterocycles. The number of carbonyl (C=O) groups is 2. The maximum atomic E-state index is 11.7. The van der Waals surface area contributed by atoms with Gasteiger partial charge in [0.25, 0.3) is 0 Å².